The molecule has 0 heterocycles. The Morgan fingerprint density at radius 3 is 2.57 bits per heavy atom. The van der Waals surface area contributed by atoms with Crippen LogP contribution in [0.15, 0.2) is 24.3 Å². The minimum Gasteiger partial charge on any atom is -0.385 e. The van der Waals surface area contributed by atoms with Crippen LogP contribution in [0.5, 0.6) is 0 Å². The smallest absolute Gasteiger partial charge is 0.314 e. The summed E-state index contributed by atoms with van der Waals surface area (Å²) in [5.74, 6) is -0.360. The fourth-order valence-corrected chi connectivity index (χ4v) is 2.50. The predicted octanol–water partition coefficient (Wildman–Crippen LogP) is 2.15. The van der Waals surface area contributed by atoms with Crippen LogP contribution in [0, 0.1) is 11.2 Å². The Bertz CT molecular complexity index is 527. The van der Waals surface area contributed by atoms with Crippen molar-refractivity contribution in [2.75, 3.05) is 26.8 Å². The summed E-state index contributed by atoms with van der Waals surface area (Å²) >= 11 is 0. The molecule has 1 aliphatic rings. The zero-order valence-corrected chi connectivity index (χ0v) is 13.7. The number of urea groups is 1. The SMILES string of the molecule is COCCC1(CNC(=O)NCC(C)(O)c2ccc(F)cc2)CC1. The summed E-state index contributed by atoms with van der Waals surface area (Å²) in [7, 11) is 1.67. The van der Waals surface area contributed by atoms with E-state index in [-0.39, 0.29) is 23.8 Å². The van der Waals surface area contributed by atoms with E-state index in [1.807, 2.05) is 0 Å². The Morgan fingerprint density at radius 1 is 1.35 bits per heavy atom. The first kappa shape index (κ1) is 17.7. The first-order valence-electron chi connectivity index (χ1n) is 7.86. The van der Waals surface area contributed by atoms with Crippen LogP contribution in [0.2, 0.25) is 0 Å². The van der Waals surface area contributed by atoms with Crippen molar-refractivity contribution in [1.29, 1.82) is 0 Å². The molecule has 0 bridgehead atoms. The topological polar surface area (TPSA) is 70.6 Å². The van der Waals surface area contributed by atoms with Crippen LogP contribution < -0.4 is 10.6 Å². The molecule has 1 atom stereocenters. The molecule has 0 aliphatic heterocycles. The van der Waals surface area contributed by atoms with Gasteiger partial charge in [0.1, 0.15) is 11.4 Å². The number of halogens is 1. The van der Waals surface area contributed by atoms with Gasteiger partial charge < -0.3 is 20.5 Å². The number of methoxy groups -OCH3 is 1. The van der Waals surface area contributed by atoms with Crippen LogP contribution in [0.25, 0.3) is 0 Å². The Hall–Kier alpha value is -1.66. The molecule has 0 saturated heterocycles. The van der Waals surface area contributed by atoms with E-state index in [2.05, 4.69) is 10.6 Å². The number of amides is 2. The van der Waals surface area contributed by atoms with E-state index in [0.717, 1.165) is 19.3 Å². The zero-order valence-electron chi connectivity index (χ0n) is 13.7. The zero-order chi connectivity index (χ0) is 16.9. The molecule has 128 valence electrons. The highest BCUT2D eigenvalue weighted by molar-refractivity contribution is 5.74. The van der Waals surface area contributed by atoms with E-state index in [1.54, 1.807) is 14.0 Å². The van der Waals surface area contributed by atoms with Gasteiger partial charge in [0.05, 0.1) is 6.54 Å². The molecule has 6 heteroatoms. The van der Waals surface area contributed by atoms with Gasteiger partial charge in [0.25, 0.3) is 0 Å². The van der Waals surface area contributed by atoms with Crippen LogP contribution in [-0.4, -0.2) is 37.9 Å². The van der Waals surface area contributed by atoms with Gasteiger partial charge in [-0.1, -0.05) is 12.1 Å². The van der Waals surface area contributed by atoms with Crippen molar-refractivity contribution in [2.24, 2.45) is 5.41 Å². The molecule has 0 radical (unpaired) electrons. The number of carbonyl (C=O) groups is 1. The number of ether oxygens (including phenoxy) is 1. The molecule has 1 aromatic rings. The highest BCUT2D eigenvalue weighted by Crippen LogP contribution is 2.48. The van der Waals surface area contributed by atoms with Gasteiger partial charge >= 0.3 is 6.03 Å². The summed E-state index contributed by atoms with van der Waals surface area (Å²) in [5, 5.41) is 15.9. The number of benzene rings is 1. The number of nitrogens with one attached hydrogen (secondary N) is 2. The van der Waals surface area contributed by atoms with Gasteiger partial charge in [-0.3, -0.25) is 0 Å². The van der Waals surface area contributed by atoms with Crippen LogP contribution in [0.1, 0.15) is 31.7 Å². The van der Waals surface area contributed by atoms with Crippen LogP contribution in [0.4, 0.5) is 9.18 Å². The van der Waals surface area contributed by atoms with Gasteiger partial charge in [0.15, 0.2) is 0 Å². The summed E-state index contributed by atoms with van der Waals surface area (Å²) in [6, 6.07) is 5.29. The Kier molecular flexibility index (Phi) is 5.59. The van der Waals surface area contributed by atoms with E-state index in [9.17, 15) is 14.3 Å². The Morgan fingerprint density at radius 2 is 2.00 bits per heavy atom. The summed E-state index contributed by atoms with van der Waals surface area (Å²) in [5.41, 5.74) is -0.525. The summed E-state index contributed by atoms with van der Waals surface area (Å²) < 4.78 is 18.0. The minimum absolute atomic E-state index is 0.0511. The molecule has 0 aromatic heterocycles. The number of hydrogen-bond donors (Lipinski definition) is 3. The molecule has 5 nitrogen and oxygen atoms in total. The monoisotopic (exact) mass is 324 g/mol. The standard InChI is InChI=1S/C17H25FN2O3/c1-16(22,13-3-5-14(18)6-4-13)11-19-15(21)20-12-17(7-8-17)9-10-23-2/h3-6,22H,7-12H2,1-2H3,(H2,19,20,21). The second kappa shape index (κ2) is 7.27. The van der Waals surface area contributed by atoms with Gasteiger partial charge in [-0.15, -0.1) is 0 Å². The lowest BCUT2D eigenvalue weighted by atomic mass is 9.96. The maximum atomic E-state index is 12.9. The van der Waals surface area contributed by atoms with Crippen molar-refractivity contribution < 1.29 is 19.0 Å². The van der Waals surface area contributed by atoms with Gasteiger partial charge in [-0.2, -0.15) is 0 Å². The van der Waals surface area contributed by atoms with Crippen LogP contribution >= 0.6 is 0 Å². The van der Waals surface area contributed by atoms with Crippen LogP contribution in [-0.2, 0) is 10.3 Å². The third-order valence-electron chi connectivity index (χ3n) is 4.48. The maximum absolute atomic E-state index is 12.9. The average Bonchev–Trinajstić information content (AvgIpc) is 3.30. The number of aliphatic hydroxyl groups is 1. The molecule has 2 amide bonds. The molecule has 0 spiro atoms. The van der Waals surface area contributed by atoms with Gasteiger partial charge in [0.2, 0.25) is 0 Å². The van der Waals surface area contributed by atoms with Crippen molar-refractivity contribution in [2.45, 2.75) is 31.8 Å². The highest BCUT2D eigenvalue weighted by Gasteiger charge is 2.42. The lowest BCUT2D eigenvalue weighted by Crippen LogP contribution is -2.45. The van der Waals surface area contributed by atoms with E-state index in [0.29, 0.717) is 18.7 Å². The van der Waals surface area contributed by atoms with Crippen LogP contribution in [0.3, 0.4) is 0 Å². The molecular formula is C17H25FN2O3. The fraction of sp³-hybridized carbons (Fsp3) is 0.588. The molecule has 2 rings (SSSR count). The second-order valence-corrected chi connectivity index (χ2v) is 6.56. The predicted molar refractivity (Wildman–Crippen MR) is 85.5 cm³/mol. The normalized spacial score (nSPS) is 18.1. The molecular weight excluding hydrogens is 299 g/mol. The van der Waals surface area contributed by atoms with E-state index < -0.39 is 5.60 Å². The second-order valence-electron chi connectivity index (χ2n) is 6.56. The summed E-state index contributed by atoms with van der Waals surface area (Å²) in [6.45, 7) is 2.94. The van der Waals surface area contributed by atoms with Gasteiger partial charge in [0, 0.05) is 20.3 Å². The van der Waals surface area contributed by atoms with Crippen molar-refractivity contribution in [3.63, 3.8) is 0 Å². The largest absolute Gasteiger partial charge is 0.385 e. The first-order valence-corrected chi connectivity index (χ1v) is 7.86. The number of rotatable bonds is 8. The number of carbonyl (C=O) groups excluding carboxylic acids is 1. The maximum Gasteiger partial charge on any atom is 0.314 e. The number of hydrogen-bond acceptors (Lipinski definition) is 3. The van der Waals surface area contributed by atoms with Crippen molar-refractivity contribution in [1.82, 2.24) is 10.6 Å². The quantitative estimate of drug-likeness (QED) is 0.686. The first-order chi connectivity index (χ1) is 10.9. The highest BCUT2D eigenvalue weighted by atomic mass is 19.1. The average molecular weight is 324 g/mol. The third kappa shape index (κ3) is 5.18. The van der Waals surface area contributed by atoms with Gasteiger partial charge in [-0.25, -0.2) is 9.18 Å². The molecule has 1 aliphatic carbocycles. The third-order valence-corrected chi connectivity index (χ3v) is 4.48. The molecule has 1 fully saturated rings. The molecule has 1 saturated carbocycles. The van der Waals surface area contributed by atoms with E-state index in [4.69, 9.17) is 4.74 Å². The summed E-state index contributed by atoms with van der Waals surface area (Å²) in [4.78, 5) is 11.9. The molecule has 1 unspecified atom stereocenters. The minimum atomic E-state index is -1.25. The van der Waals surface area contributed by atoms with Crippen molar-refractivity contribution in [3.8, 4) is 0 Å². The van der Waals surface area contributed by atoms with E-state index >= 15 is 0 Å². The van der Waals surface area contributed by atoms with E-state index in [1.165, 1.54) is 24.3 Å². The van der Waals surface area contributed by atoms with Gasteiger partial charge in [-0.05, 0) is 49.3 Å². The van der Waals surface area contributed by atoms with Crippen molar-refractivity contribution >= 4 is 6.03 Å². The lowest BCUT2D eigenvalue weighted by Gasteiger charge is -2.24. The molecule has 1 aromatic carbocycles. The molecule has 23 heavy (non-hydrogen) atoms. The van der Waals surface area contributed by atoms with Crippen molar-refractivity contribution in [3.05, 3.63) is 35.6 Å². The molecule has 3 N–H and O–H groups in total. The summed E-state index contributed by atoms with van der Waals surface area (Å²) in [6.07, 6.45) is 3.14. The lowest BCUT2D eigenvalue weighted by molar-refractivity contribution is 0.0592. The Labute approximate surface area is 136 Å². The Balaban J connectivity index is 1.76. The fourth-order valence-electron chi connectivity index (χ4n) is 2.50.